The highest BCUT2D eigenvalue weighted by Gasteiger charge is 2.46. The van der Waals surface area contributed by atoms with Gasteiger partial charge in [-0.05, 0) is 36.6 Å². The molecule has 2 aromatic rings. The topological polar surface area (TPSA) is 101 Å². The van der Waals surface area contributed by atoms with Crippen molar-refractivity contribution in [2.45, 2.75) is 23.2 Å². The van der Waals surface area contributed by atoms with E-state index in [2.05, 4.69) is 0 Å². The molecule has 2 aromatic carbocycles. The van der Waals surface area contributed by atoms with Crippen LogP contribution in [0.2, 0.25) is 0 Å². The number of carbonyl (C=O) groups excluding carboxylic acids is 1. The Labute approximate surface area is 173 Å². The number of piperidine rings is 1. The Morgan fingerprint density at radius 2 is 1.57 bits per heavy atom. The first-order chi connectivity index (χ1) is 14.0. The van der Waals surface area contributed by atoms with Gasteiger partial charge in [-0.1, -0.05) is 30.3 Å². The van der Waals surface area contributed by atoms with Crippen molar-refractivity contribution in [2.24, 2.45) is 0 Å². The number of carbonyl (C=O) groups is 1. The summed E-state index contributed by atoms with van der Waals surface area (Å²) in [5.74, 6) is -3.17. The van der Waals surface area contributed by atoms with E-state index in [1.54, 1.807) is 30.3 Å². The highest BCUT2D eigenvalue weighted by Crippen LogP contribution is 2.37. The van der Waals surface area contributed by atoms with Crippen LogP contribution in [-0.2, 0) is 30.3 Å². The maximum Gasteiger partial charge on any atom is 0.244 e. The summed E-state index contributed by atoms with van der Waals surface area (Å²) in [6, 6.07) is 10.8. The molecule has 7 nitrogen and oxygen atoms in total. The number of benzene rings is 2. The van der Waals surface area contributed by atoms with E-state index >= 15 is 0 Å². The second-order valence-corrected chi connectivity index (χ2v) is 10.8. The van der Waals surface area contributed by atoms with Gasteiger partial charge in [0.05, 0.1) is 16.6 Å². The maximum absolute atomic E-state index is 13.5. The largest absolute Gasteiger partial charge is 0.273 e. The summed E-state index contributed by atoms with van der Waals surface area (Å²) in [7, 11) is -7.94. The van der Waals surface area contributed by atoms with Crippen LogP contribution in [0.25, 0.3) is 0 Å². The molecule has 1 amide bonds. The van der Waals surface area contributed by atoms with E-state index in [0.29, 0.717) is 11.6 Å². The molecule has 0 unspecified atom stereocenters. The molecule has 1 fully saturated rings. The van der Waals surface area contributed by atoms with Crippen LogP contribution >= 0.6 is 0 Å². The average molecular weight is 459 g/mol. The van der Waals surface area contributed by atoms with Crippen LogP contribution in [0.3, 0.4) is 0 Å². The van der Waals surface area contributed by atoms with Crippen molar-refractivity contribution in [3.63, 3.8) is 0 Å². The number of hydrogen-bond acceptors (Lipinski definition) is 5. The maximum atomic E-state index is 13.5. The molecule has 0 spiro atoms. The smallest absolute Gasteiger partial charge is 0.244 e. The number of rotatable bonds is 5. The van der Waals surface area contributed by atoms with Crippen LogP contribution in [0.1, 0.15) is 18.4 Å². The molecule has 0 atom stereocenters. The fourth-order valence-corrected chi connectivity index (χ4v) is 5.55. The molecule has 1 N–H and O–H groups in total. The Morgan fingerprint density at radius 1 is 0.967 bits per heavy atom. The van der Waals surface area contributed by atoms with Gasteiger partial charge in [0.15, 0.2) is 11.6 Å². The zero-order chi connectivity index (χ0) is 22.2. The first kappa shape index (κ1) is 22.3. The summed E-state index contributed by atoms with van der Waals surface area (Å²) in [4.78, 5) is 12.5. The summed E-state index contributed by atoms with van der Waals surface area (Å²) in [6.07, 6.45) is 0.898. The Morgan fingerprint density at radius 3 is 2.10 bits per heavy atom. The van der Waals surface area contributed by atoms with Crippen LogP contribution in [0.4, 0.5) is 8.78 Å². The van der Waals surface area contributed by atoms with Gasteiger partial charge in [-0.25, -0.2) is 25.6 Å². The van der Waals surface area contributed by atoms with Crippen LogP contribution in [0.15, 0.2) is 53.4 Å². The number of nitrogens with one attached hydrogen (secondary N) is 1. The van der Waals surface area contributed by atoms with Gasteiger partial charge >= 0.3 is 0 Å². The molecule has 1 heterocycles. The lowest BCUT2D eigenvalue weighted by molar-refractivity contribution is -0.126. The van der Waals surface area contributed by atoms with Gasteiger partial charge in [0, 0.05) is 13.1 Å². The van der Waals surface area contributed by atoms with E-state index in [9.17, 15) is 30.4 Å². The lowest BCUT2D eigenvalue weighted by atomic mass is 9.72. The number of amides is 1. The molecular formula is C19H20F2N2O5S2. The monoisotopic (exact) mass is 458 g/mol. The summed E-state index contributed by atoms with van der Waals surface area (Å²) in [6.45, 7) is -0.208. The molecule has 162 valence electrons. The number of hydrogen-bond donors (Lipinski definition) is 1. The zero-order valence-corrected chi connectivity index (χ0v) is 17.6. The van der Waals surface area contributed by atoms with Crippen molar-refractivity contribution in [2.75, 3.05) is 19.3 Å². The van der Waals surface area contributed by atoms with E-state index in [4.69, 9.17) is 0 Å². The highest BCUT2D eigenvalue weighted by atomic mass is 32.2. The Balaban J connectivity index is 1.91. The van der Waals surface area contributed by atoms with Gasteiger partial charge in [0.2, 0.25) is 26.0 Å². The molecule has 1 aliphatic heterocycles. The number of sulfonamides is 2. The third-order valence-corrected chi connectivity index (χ3v) is 7.59. The second-order valence-electron chi connectivity index (χ2n) is 7.13. The van der Waals surface area contributed by atoms with E-state index < -0.39 is 47.9 Å². The van der Waals surface area contributed by atoms with Gasteiger partial charge in [0.25, 0.3) is 0 Å². The van der Waals surface area contributed by atoms with E-state index in [1.807, 2.05) is 4.72 Å². The fourth-order valence-electron chi connectivity index (χ4n) is 3.56. The van der Waals surface area contributed by atoms with Gasteiger partial charge in [-0.15, -0.1) is 0 Å². The third kappa shape index (κ3) is 4.37. The normalized spacial score (nSPS) is 17.4. The summed E-state index contributed by atoms with van der Waals surface area (Å²) in [5, 5.41) is 0. The molecule has 0 bridgehead atoms. The molecule has 11 heteroatoms. The predicted octanol–water partition coefficient (Wildman–Crippen LogP) is 1.76. The van der Waals surface area contributed by atoms with Crippen molar-refractivity contribution in [3.8, 4) is 0 Å². The van der Waals surface area contributed by atoms with Gasteiger partial charge in [-0.2, -0.15) is 4.31 Å². The minimum absolute atomic E-state index is 0.0152. The highest BCUT2D eigenvalue weighted by molar-refractivity contribution is 7.89. The Bertz CT molecular complexity index is 1160. The standard InChI is InChI=1S/C19H20F2N2O5S2/c1-29(25,26)22-18(24)19(14-5-3-2-4-6-14)9-11-23(12-10-19)30(27,28)15-7-8-16(20)17(21)13-15/h2-8,13H,9-12H2,1H3,(H,22,24). The second kappa shape index (κ2) is 8.05. The molecular weight excluding hydrogens is 438 g/mol. The third-order valence-electron chi connectivity index (χ3n) is 5.14. The summed E-state index contributed by atoms with van der Waals surface area (Å²) in [5.41, 5.74) is -0.680. The lowest BCUT2D eigenvalue weighted by Crippen LogP contribution is -2.53. The van der Waals surface area contributed by atoms with Crippen LogP contribution in [0, 0.1) is 11.6 Å². The molecule has 1 aliphatic rings. The minimum atomic E-state index is -4.12. The first-order valence-electron chi connectivity index (χ1n) is 8.99. The molecule has 0 radical (unpaired) electrons. The van der Waals surface area contributed by atoms with E-state index in [0.717, 1.165) is 22.7 Å². The molecule has 0 aliphatic carbocycles. The van der Waals surface area contributed by atoms with Crippen molar-refractivity contribution in [1.29, 1.82) is 0 Å². The predicted molar refractivity (Wildman–Crippen MR) is 105 cm³/mol. The van der Waals surface area contributed by atoms with Crippen molar-refractivity contribution < 1.29 is 30.4 Å². The van der Waals surface area contributed by atoms with Gasteiger partial charge in [-0.3, -0.25) is 9.52 Å². The van der Waals surface area contributed by atoms with E-state index in [-0.39, 0.29) is 25.9 Å². The van der Waals surface area contributed by atoms with Gasteiger partial charge in [0.1, 0.15) is 0 Å². The summed E-state index contributed by atoms with van der Waals surface area (Å²) >= 11 is 0. The van der Waals surface area contributed by atoms with Crippen molar-refractivity contribution in [3.05, 3.63) is 65.7 Å². The van der Waals surface area contributed by atoms with Crippen LogP contribution in [0.5, 0.6) is 0 Å². The Kier molecular flexibility index (Phi) is 5.99. The number of nitrogens with zero attached hydrogens (tertiary/aromatic N) is 1. The van der Waals surface area contributed by atoms with E-state index in [1.165, 1.54) is 0 Å². The minimum Gasteiger partial charge on any atom is -0.273 e. The molecule has 0 aromatic heterocycles. The summed E-state index contributed by atoms with van der Waals surface area (Å²) < 4.78 is 78.7. The molecule has 30 heavy (non-hydrogen) atoms. The fraction of sp³-hybridized carbons (Fsp3) is 0.316. The Hall–Kier alpha value is -2.37. The first-order valence-corrected chi connectivity index (χ1v) is 12.3. The lowest BCUT2D eigenvalue weighted by Gasteiger charge is -2.40. The molecule has 1 saturated heterocycles. The molecule has 0 saturated carbocycles. The SMILES string of the molecule is CS(=O)(=O)NC(=O)C1(c2ccccc2)CCN(S(=O)(=O)c2ccc(F)c(F)c2)CC1. The van der Waals surface area contributed by atoms with Crippen LogP contribution < -0.4 is 4.72 Å². The zero-order valence-electron chi connectivity index (χ0n) is 16.0. The number of halogens is 2. The van der Waals surface area contributed by atoms with Crippen molar-refractivity contribution in [1.82, 2.24) is 9.03 Å². The van der Waals surface area contributed by atoms with Crippen LogP contribution in [-0.4, -0.2) is 46.4 Å². The molecule has 3 rings (SSSR count). The quantitative estimate of drug-likeness (QED) is 0.736. The average Bonchev–Trinajstić information content (AvgIpc) is 2.69. The van der Waals surface area contributed by atoms with Crippen molar-refractivity contribution >= 4 is 26.0 Å². The van der Waals surface area contributed by atoms with Gasteiger partial charge < -0.3 is 0 Å².